The van der Waals surface area contributed by atoms with Crippen molar-refractivity contribution in [3.63, 3.8) is 0 Å². The first-order valence-electron chi connectivity index (χ1n) is 8.78. The molecule has 138 valence electrons. The monoisotopic (exact) mass is 372 g/mol. The largest absolute Gasteiger partial charge is 0.309 e. The van der Waals surface area contributed by atoms with E-state index in [1.165, 1.54) is 0 Å². The molecule has 0 aliphatic carbocycles. The van der Waals surface area contributed by atoms with Crippen LogP contribution in [0.15, 0.2) is 41.3 Å². The van der Waals surface area contributed by atoms with E-state index in [0.717, 1.165) is 22.4 Å². The Bertz CT molecular complexity index is 967. The van der Waals surface area contributed by atoms with Gasteiger partial charge in [0.2, 0.25) is 5.91 Å². The number of rotatable bonds is 4. The molecule has 2 aromatic carbocycles. The van der Waals surface area contributed by atoms with Gasteiger partial charge in [-0.2, -0.15) is 0 Å². The number of hydrogen-bond acceptors (Lipinski definition) is 3. The Labute approximate surface area is 155 Å². The number of sulfonamides is 1. The highest BCUT2D eigenvalue weighted by Gasteiger charge is 2.31. The summed E-state index contributed by atoms with van der Waals surface area (Å²) in [6.45, 7) is 7.66. The average molecular weight is 372 g/mol. The molecule has 0 radical (unpaired) electrons. The standard InChI is InChI=1S/C20H24N2O3S/c1-5-20(23)22-15(4)11-16-12-17(7-9-19(16)22)26(24,25)21-18-8-6-13(2)10-14(18)3/h6-10,12,15,21H,5,11H2,1-4H3/t15-/m1/s1. The molecule has 1 aliphatic rings. The first-order valence-corrected chi connectivity index (χ1v) is 10.3. The molecule has 0 saturated carbocycles. The minimum absolute atomic E-state index is 0.0442. The molecule has 0 fully saturated rings. The Morgan fingerprint density at radius 2 is 1.92 bits per heavy atom. The Morgan fingerprint density at radius 1 is 1.19 bits per heavy atom. The van der Waals surface area contributed by atoms with E-state index in [2.05, 4.69) is 4.72 Å². The molecular formula is C20H24N2O3S. The molecule has 0 saturated heterocycles. The third kappa shape index (κ3) is 3.33. The van der Waals surface area contributed by atoms with E-state index in [1.807, 2.05) is 39.8 Å². The summed E-state index contributed by atoms with van der Waals surface area (Å²) in [5.74, 6) is 0.0558. The number of benzene rings is 2. The van der Waals surface area contributed by atoms with Gasteiger partial charge < -0.3 is 4.90 Å². The maximum Gasteiger partial charge on any atom is 0.261 e. The first kappa shape index (κ1) is 18.5. The molecule has 6 heteroatoms. The molecule has 0 spiro atoms. The topological polar surface area (TPSA) is 66.5 Å². The van der Waals surface area contributed by atoms with Crippen LogP contribution in [0.4, 0.5) is 11.4 Å². The Kier molecular flexibility index (Phi) is 4.80. The van der Waals surface area contributed by atoms with Gasteiger partial charge in [-0.15, -0.1) is 0 Å². The zero-order valence-electron chi connectivity index (χ0n) is 15.5. The van der Waals surface area contributed by atoms with E-state index in [1.54, 1.807) is 29.2 Å². The van der Waals surface area contributed by atoms with Gasteiger partial charge in [0.15, 0.2) is 0 Å². The highest BCUT2D eigenvalue weighted by atomic mass is 32.2. The molecular weight excluding hydrogens is 348 g/mol. The van der Waals surface area contributed by atoms with Crippen LogP contribution in [0.1, 0.15) is 37.0 Å². The molecule has 5 nitrogen and oxygen atoms in total. The lowest BCUT2D eigenvalue weighted by atomic mass is 10.1. The first-order chi connectivity index (χ1) is 12.2. The van der Waals surface area contributed by atoms with E-state index < -0.39 is 10.0 Å². The van der Waals surface area contributed by atoms with E-state index in [9.17, 15) is 13.2 Å². The third-order valence-electron chi connectivity index (χ3n) is 4.77. The van der Waals surface area contributed by atoms with Crippen LogP contribution in [0.5, 0.6) is 0 Å². The summed E-state index contributed by atoms with van der Waals surface area (Å²) in [5, 5.41) is 0. The highest BCUT2D eigenvalue weighted by Crippen LogP contribution is 2.34. The van der Waals surface area contributed by atoms with Gasteiger partial charge in [0.1, 0.15) is 0 Å². The van der Waals surface area contributed by atoms with E-state index in [-0.39, 0.29) is 16.8 Å². The van der Waals surface area contributed by atoms with Crippen molar-refractivity contribution in [1.29, 1.82) is 0 Å². The van der Waals surface area contributed by atoms with Crippen molar-refractivity contribution in [2.45, 2.75) is 51.5 Å². The second kappa shape index (κ2) is 6.76. The number of fused-ring (bicyclic) bond motifs is 1. The number of carbonyl (C=O) groups is 1. The maximum absolute atomic E-state index is 12.8. The predicted octanol–water partition coefficient (Wildman–Crippen LogP) is 3.79. The van der Waals surface area contributed by atoms with Crippen LogP contribution in [-0.4, -0.2) is 20.4 Å². The lowest BCUT2D eigenvalue weighted by Gasteiger charge is -2.22. The summed E-state index contributed by atoms with van der Waals surface area (Å²) >= 11 is 0. The Hall–Kier alpha value is -2.34. The Morgan fingerprint density at radius 3 is 2.58 bits per heavy atom. The molecule has 3 rings (SSSR count). The van der Waals surface area contributed by atoms with Gasteiger partial charge in [0, 0.05) is 18.2 Å². The summed E-state index contributed by atoms with van der Waals surface area (Å²) < 4.78 is 28.3. The van der Waals surface area contributed by atoms with Crippen molar-refractivity contribution >= 4 is 27.3 Å². The number of nitrogens with one attached hydrogen (secondary N) is 1. The van der Waals surface area contributed by atoms with E-state index >= 15 is 0 Å². The fourth-order valence-corrected chi connectivity index (χ4v) is 4.64. The number of hydrogen-bond donors (Lipinski definition) is 1. The number of anilines is 2. The fraction of sp³-hybridized carbons (Fsp3) is 0.350. The molecule has 26 heavy (non-hydrogen) atoms. The number of carbonyl (C=O) groups excluding carboxylic acids is 1. The number of amides is 1. The summed E-state index contributed by atoms with van der Waals surface area (Å²) in [5.41, 5.74) is 4.24. The summed E-state index contributed by atoms with van der Waals surface area (Å²) in [6, 6.07) is 10.6. The van der Waals surface area contributed by atoms with Crippen LogP contribution in [-0.2, 0) is 21.2 Å². The van der Waals surface area contributed by atoms with Gasteiger partial charge >= 0.3 is 0 Å². The second-order valence-electron chi connectivity index (χ2n) is 6.88. The van der Waals surface area contributed by atoms with Crippen LogP contribution in [0.2, 0.25) is 0 Å². The quantitative estimate of drug-likeness (QED) is 0.888. The van der Waals surface area contributed by atoms with Crippen LogP contribution in [0.25, 0.3) is 0 Å². The van der Waals surface area contributed by atoms with Crippen molar-refractivity contribution in [3.05, 3.63) is 53.1 Å². The van der Waals surface area contributed by atoms with Gasteiger partial charge in [-0.3, -0.25) is 9.52 Å². The fourth-order valence-electron chi connectivity index (χ4n) is 3.46. The van der Waals surface area contributed by atoms with Gasteiger partial charge in [0.25, 0.3) is 10.0 Å². The SMILES string of the molecule is CCC(=O)N1c2ccc(S(=O)(=O)Nc3ccc(C)cc3C)cc2C[C@H]1C. The van der Waals surface area contributed by atoms with E-state index in [4.69, 9.17) is 0 Å². The zero-order chi connectivity index (χ0) is 19.1. The van der Waals surface area contributed by atoms with Crippen LogP contribution in [0.3, 0.4) is 0 Å². The molecule has 0 unspecified atom stereocenters. The summed E-state index contributed by atoms with van der Waals surface area (Å²) in [7, 11) is -3.68. The Balaban J connectivity index is 1.93. The molecule has 2 aromatic rings. The molecule has 1 aliphatic heterocycles. The molecule has 0 aromatic heterocycles. The van der Waals surface area contributed by atoms with Gasteiger partial charge in [-0.05, 0) is 62.6 Å². The zero-order valence-corrected chi connectivity index (χ0v) is 16.4. The maximum atomic E-state index is 12.8. The van der Waals surface area contributed by atoms with Gasteiger partial charge in [-0.25, -0.2) is 8.42 Å². The lowest BCUT2D eigenvalue weighted by molar-refractivity contribution is -0.118. The highest BCUT2D eigenvalue weighted by molar-refractivity contribution is 7.92. The van der Waals surface area contributed by atoms with Gasteiger partial charge in [-0.1, -0.05) is 24.6 Å². The van der Waals surface area contributed by atoms with Crippen molar-refractivity contribution in [2.24, 2.45) is 0 Å². The molecule has 1 amide bonds. The number of aryl methyl sites for hydroxylation is 2. The molecule has 1 heterocycles. The minimum atomic E-state index is -3.68. The normalized spacial score (nSPS) is 16.5. The smallest absolute Gasteiger partial charge is 0.261 e. The van der Waals surface area contributed by atoms with Crippen molar-refractivity contribution < 1.29 is 13.2 Å². The molecule has 1 atom stereocenters. The molecule has 0 bridgehead atoms. The lowest BCUT2D eigenvalue weighted by Crippen LogP contribution is -2.35. The van der Waals surface area contributed by atoms with Crippen LogP contribution >= 0.6 is 0 Å². The number of nitrogens with zero attached hydrogens (tertiary/aromatic N) is 1. The third-order valence-corrected chi connectivity index (χ3v) is 6.14. The average Bonchev–Trinajstić information content (AvgIpc) is 2.91. The minimum Gasteiger partial charge on any atom is -0.309 e. The summed E-state index contributed by atoms with van der Waals surface area (Å²) in [4.78, 5) is 14.2. The summed E-state index contributed by atoms with van der Waals surface area (Å²) in [6.07, 6.45) is 1.09. The van der Waals surface area contributed by atoms with Crippen LogP contribution in [0, 0.1) is 13.8 Å². The molecule has 1 N–H and O–H groups in total. The van der Waals surface area contributed by atoms with Crippen molar-refractivity contribution in [1.82, 2.24) is 0 Å². The van der Waals surface area contributed by atoms with Gasteiger partial charge in [0.05, 0.1) is 10.6 Å². The second-order valence-corrected chi connectivity index (χ2v) is 8.57. The van der Waals surface area contributed by atoms with Crippen molar-refractivity contribution in [2.75, 3.05) is 9.62 Å². The van der Waals surface area contributed by atoms with Crippen molar-refractivity contribution in [3.8, 4) is 0 Å². The van der Waals surface area contributed by atoms with Crippen LogP contribution < -0.4 is 9.62 Å². The van der Waals surface area contributed by atoms with E-state index in [0.29, 0.717) is 18.5 Å². The predicted molar refractivity (Wildman–Crippen MR) is 104 cm³/mol.